The Bertz CT molecular complexity index is 694. The number of aromatic nitrogens is 1. The molecule has 2 N–H and O–H groups in total. The highest BCUT2D eigenvalue weighted by Gasteiger charge is 2.24. The third-order valence-corrected chi connectivity index (χ3v) is 3.54. The summed E-state index contributed by atoms with van der Waals surface area (Å²) in [5, 5.41) is 12.3. The smallest absolute Gasteiger partial charge is 0.305 e. The Morgan fingerprint density at radius 3 is 2.52 bits per heavy atom. The Morgan fingerprint density at radius 1 is 1.30 bits per heavy atom. The van der Waals surface area contributed by atoms with Crippen molar-refractivity contribution in [2.24, 2.45) is 0 Å². The monoisotopic (exact) mass is 336 g/mol. The van der Waals surface area contributed by atoms with E-state index in [1.165, 1.54) is 6.39 Å². The van der Waals surface area contributed by atoms with Gasteiger partial charge in [0, 0.05) is 10.9 Å². The van der Waals surface area contributed by atoms with E-state index >= 15 is 0 Å². The van der Waals surface area contributed by atoms with E-state index in [4.69, 9.17) is 21.1 Å². The fourth-order valence-corrected chi connectivity index (χ4v) is 2.31. The largest absolute Gasteiger partial charge is 0.481 e. The van der Waals surface area contributed by atoms with Gasteiger partial charge in [-0.25, -0.2) is 4.98 Å². The first-order chi connectivity index (χ1) is 10.9. The zero-order chi connectivity index (χ0) is 17.0. The Labute approximate surface area is 138 Å². The van der Waals surface area contributed by atoms with E-state index in [1.807, 2.05) is 13.8 Å². The lowest BCUT2D eigenvalue weighted by atomic mass is 10.0. The fraction of sp³-hybridized carbons (Fsp3) is 0.312. The summed E-state index contributed by atoms with van der Waals surface area (Å²) >= 11 is 5.84. The van der Waals surface area contributed by atoms with Crippen molar-refractivity contribution < 1.29 is 19.1 Å². The van der Waals surface area contributed by atoms with Crippen LogP contribution in [0.5, 0.6) is 0 Å². The van der Waals surface area contributed by atoms with Crippen molar-refractivity contribution >= 4 is 23.5 Å². The van der Waals surface area contributed by atoms with Crippen molar-refractivity contribution in [2.75, 3.05) is 0 Å². The number of halogens is 1. The van der Waals surface area contributed by atoms with Gasteiger partial charge < -0.3 is 14.8 Å². The van der Waals surface area contributed by atoms with Gasteiger partial charge in [-0.2, -0.15) is 0 Å². The van der Waals surface area contributed by atoms with E-state index in [0.29, 0.717) is 16.3 Å². The SMILES string of the molecule is CC(C)c1ocnc1C(=O)N[C@H](CC(=O)O)c1ccc(Cl)cc1. The molecule has 0 saturated carbocycles. The molecule has 1 heterocycles. The van der Waals surface area contributed by atoms with E-state index in [-0.39, 0.29) is 18.0 Å². The maximum atomic E-state index is 12.4. The van der Waals surface area contributed by atoms with Gasteiger partial charge in [-0.15, -0.1) is 0 Å². The summed E-state index contributed by atoms with van der Waals surface area (Å²) in [5.74, 6) is -1.03. The number of carbonyl (C=O) groups is 2. The van der Waals surface area contributed by atoms with E-state index in [0.717, 1.165) is 0 Å². The van der Waals surface area contributed by atoms with Crippen molar-refractivity contribution in [3.63, 3.8) is 0 Å². The van der Waals surface area contributed by atoms with Gasteiger partial charge in [0.05, 0.1) is 12.5 Å². The molecule has 0 radical (unpaired) electrons. The molecule has 2 rings (SSSR count). The number of nitrogens with one attached hydrogen (secondary N) is 1. The van der Waals surface area contributed by atoms with Crippen LogP contribution < -0.4 is 5.32 Å². The number of aliphatic carboxylic acids is 1. The number of carboxylic acid groups (broad SMARTS) is 1. The lowest BCUT2D eigenvalue weighted by Gasteiger charge is -2.17. The Hall–Kier alpha value is -2.34. The summed E-state index contributed by atoms with van der Waals surface area (Å²) in [6.07, 6.45) is 0.959. The molecular formula is C16H17ClN2O4. The maximum Gasteiger partial charge on any atom is 0.305 e. The van der Waals surface area contributed by atoms with Crippen molar-refractivity contribution in [1.29, 1.82) is 0 Å². The van der Waals surface area contributed by atoms with Crippen LogP contribution in [0, 0.1) is 0 Å². The van der Waals surface area contributed by atoms with E-state index in [1.54, 1.807) is 24.3 Å². The second-order valence-electron chi connectivity index (χ2n) is 5.40. The average molecular weight is 337 g/mol. The first-order valence-corrected chi connectivity index (χ1v) is 7.47. The number of hydrogen-bond acceptors (Lipinski definition) is 4. The molecule has 1 aromatic heterocycles. The maximum absolute atomic E-state index is 12.4. The lowest BCUT2D eigenvalue weighted by Crippen LogP contribution is -2.31. The van der Waals surface area contributed by atoms with Gasteiger partial charge in [0.25, 0.3) is 5.91 Å². The first kappa shape index (κ1) is 17.0. The predicted molar refractivity (Wildman–Crippen MR) is 84.5 cm³/mol. The minimum Gasteiger partial charge on any atom is -0.481 e. The van der Waals surface area contributed by atoms with Crippen LogP contribution in [0.15, 0.2) is 35.1 Å². The number of hydrogen-bond donors (Lipinski definition) is 2. The van der Waals surface area contributed by atoms with E-state index in [9.17, 15) is 9.59 Å². The molecule has 1 aromatic carbocycles. The van der Waals surface area contributed by atoms with Crippen LogP contribution in [0.3, 0.4) is 0 Å². The van der Waals surface area contributed by atoms with Crippen molar-refractivity contribution in [2.45, 2.75) is 32.2 Å². The van der Waals surface area contributed by atoms with Crippen LogP contribution in [-0.4, -0.2) is 22.0 Å². The molecule has 0 aliphatic carbocycles. The molecule has 6 nitrogen and oxygen atoms in total. The fourth-order valence-electron chi connectivity index (χ4n) is 2.18. The zero-order valence-electron chi connectivity index (χ0n) is 12.7. The minimum absolute atomic E-state index is 0.00768. The minimum atomic E-state index is -1.02. The molecule has 0 bridgehead atoms. The van der Waals surface area contributed by atoms with Gasteiger partial charge in [-0.3, -0.25) is 9.59 Å². The topological polar surface area (TPSA) is 92.4 Å². The van der Waals surface area contributed by atoms with Gasteiger partial charge in [0.15, 0.2) is 12.1 Å². The highest BCUT2D eigenvalue weighted by molar-refractivity contribution is 6.30. The van der Waals surface area contributed by atoms with Gasteiger partial charge >= 0.3 is 5.97 Å². The standard InChI is InChI=1S/C16H17ClN2O4/c1-9(2)15-14(18-8-23-15)16(22)19-12(7-13(20)21)10-3-5-11(17)6-4-10/h3-6,8-9,12H,7H2,1-2H3,(H,19,22)(H,20,21)/t12-/m1/s1. The average Bonchev–Trinajstić information content (AvgIpc) is 2.96. The second-order valence-corrected chi connectivity index (χ2v) is 5.83. The van der Waals surface area contributed by atoms with Crippen LogP contribution in [0.25, 0.3) is 0 Å². The summed E-state index contributed by atoms with van der Waals surface area (Å²) in [6.45, 7) is 3.76. The summed E-state index contributed by atoms with van der Waals surface area (Å²) in [6, 6.07) is 5.97. The number of carbonyl (C=O) groups excluding carboxylic acids is 1. The van der Waals surface area contributed by atoms with Crippen LogP contribution in [0.4, 0.5) is 0 Å². The molecule has 23 heavy (non-hydrogen) atoms. The number of oxazole rings is 1. The quantitative estimate of drug-likeness (QED) is 0.843. The molecule has 0 saturated heterocycles. The molecule has 122 valence electrons. The molecule has 0 aliphatic rings. The summed E-state index contributed by atoms with van der Waals surface area (Å²) in [4.78, 5) is 27.4. The lowest BCUT2D eigenvalue weighted by molar-refractivity contribution is -0.137. The van der Waals surface area contributed by atoms with Crippen LogP contribution in [0.1, 0.15) is 54.0 Å². The van der Waals surface area contributed by atoms with Crippen molar-refractivity contribution in [1.82, 2.24) is 10.3 Å². The number of carboxylic acids is 1. The van der Waals surface area contributed by atoms with Crippen molar-refractivity contribution in [3.05, 3.63) is 52.7 Å². The molecule has 0 aliphatic heterocycles. The summed E-state index contributed by atoms with van der Waals surface area (Å²) in [5.41, 5.74) is 0.823. The molecule has 7 heteroatoms. The normalized spacial score (nSPS) is 12.2. The molecular weight excluding hydrogens is 320 g/mol. The number of rotatable bonds is 6. The van der Waals surface area contributed by atoms with Crippen LogP contribution >= 0.6 is 11.6 Å². The van der Waals surface area contributed by atoms with Gasteiger partial charge in [0.2, 0.25) is 0 Å². The molecule has 1 amide bonds. The zero-order valence-corrected chi connectivity index (χ0v) is 13.5. The van der Waals surface area contributed by atoms with Crippen molar-refractivity contribution in [3.8, 4) is 0 Å². The molecule has 1 atom stereocenters. The van der Waals surface area contributed by atoms with Gasteiger partial charge in [0.1, 0.15) is 5.76 Å². The van der Waals surface area contributed by atoms with Gasteiger partial charge in [-0.1, -0.05) is 37.6 Å². The number of benzene rings is 1. The highest BCUT2D eigenvalue weighted by atomic mass is 35.5. The Balaban J connectivity index is 2.23. The van der Waals surface area contributed by atoms with Crippen LogP contribution in [-0.2, 0) is 4.79 Å². The third-order valence-electron chi connectivity index (χ3n) is 3.29. The predicted octanol–water partition coefficient (Wildman–Crippen LogP) is 3.40. The third kappa shape index (κ3) is 4.32. The van der Waals surface area contributed by atoms with Crippen LogP contribution in [0.2, 0.25) is 5.02 Å². The molecule has 0 unspecified atom stereocenters. The van der Waals surface area contributed by atoms with E-state index < -0.39 is 17.9 Å². The Kier molecular flexibility index (Phi) is 5.39. The Morgan fingerprint density at radius 2 is 1.96 bits per heavy atom. The molecule has 0 spiro atoms. The first-order valence-electron chi connectivity index (χ1n) is 7.10. The number of nitrogens with zero attached hydrogens (tertiary/aromatic N) is 1. The van der Waals surface area contributed by atoms with E-state index in [2.05, 4.69) is 10.3 Å². The molecule has 0 fully saturated rings. The highest BCUT2D eigenvalue weighted by Crippen LogP contribution is 2.22. The van der Waals surface area contributed by atoms with Gasteiger partial charge in [-0.05, 0) is 17.7 Å². The summed E-state index contributed by atoms with van der Waals surface area (Å²) < 4.78 is 5.23. The number of amides is 1. The second kappa shape index (κ2) is 7.28. The summed E-state index contributed by atoms with van der Waals surface area (Å²) in [7, 11) is 0. The molecule has 2 aromatic rings.